The predicted octanol–water partition coefficient (Wildman–Crippen LogP) is 4.56. The Balaban J connectivity index is 0.00000363. The largest absolute Gasteiger partial charge is 0.445 e. The van der Waals surface area contributed by atoms with E-state index in [4.69, 9.17) is 4.74 Å². The number of rotatable bonds is 8. The molecule has 2 N–H and O–H groups in total. The molecule has 32 heavy (non-hydrogen) atoms. The summed E-state index contributed by atoms with van der Waals surface area (Å²) in [5.74, 6) is 1.46. The van der Waals surface area contributed by atoms with Crippen LogP contribution >= 0.6 is 0 Å². The summed E-state index contributed by atoms with van der Waals surface area (Å²) in [6, 6.07) is 13.2. The first kappa shape index (κ1) is 25.2. The molecule has 7 heteroatoms. The van der Waals surface area contributed by atoms with Gasteiger partial charge in [0, 0.05) is 37.9 Å². The normalized spacial score (nSPS) is 13.9. The van der Waals surface area contributed by atoms with E-state index in [1.165, 1.54) is 0 Å². The Kier molecular flexibility index (Phi) is 9.98. The van der Waals surface area contributed by atoms with Gasteiger partial charge in [-0.05, 0) is 42.4 Å². The summed E-state index contributed by atoms with van der Waals surface area (Å²) in [6.07, 6.45) is 3.07. The fourth-order valence-corrected chi connectivity index (χ4v) is 3.45. The summed E-state index contributed by atoms with van der Waals surface area (Å²) in [4.78, 5) is 30.8. The number of carbonyl (C=O) groups is 2. The number of anilines is 1. The molecule has 2 amide bonds. The molecule has 0 radical (unpaired) electrons. The van der Waals surface area contributed by atoms with Gasteiger partial charge in [-0.3, -0.25) is 4.79 Å². The number of aromatic nitrogens is 1. The van der Waals surface area contributed by atoms with Crippen molar-refractivity contribution in [3.8, 4) is 0 Å². The van der Waals surface area contributed by atoms with Crippen molar-refractivity contribution in [2.24, 2.45) is 11.8 Å². The summed E-state index contributed by atoms with van der Waals surface area (Å²) >= 11 is 0. The minimum atomic E-state index is -0.274. The van der Waals surface area contributed by atoms with Crippen LogP contribution in [0, 0.1) is 11.8 Å². The topological polar surface area (TPSA) is 83.6 Å². The summed E-state index contributed by atoms with van der Waals surface area (Å²) in [5.41, 5.74) is 1.58. The first-order valence-corrected chi connectivity index (χ1v) is 10.9. The van der Waals surface area contributed by atoms with Crippen molar-refractivity contribution in [2.75, 3.05) is 31.5 Å². The molecule has 1 aliphatic rings. The molecule has 174 valence electrons. The van der Waals surface area contributed by atoms with Gasteiger partial charge in [0.1, 0.15) is 12.4 Å². The average Bonchev–Trinajstić information content (AvgIpc) is 2.81. The van der Waals surface area contributed by atoms with E-state index in [1.807, 2.05) is 30.3 Å². The van der Waals surface area contributed by atoms with Crippen molar-refractivity contribution in [3.63, 3.8) is 0 Å². The van der Waals surface area contributed by atoms with Crippen molar-refractivity contribution in [3.05, 3.63) is 59.8 Å². The second kappa shape index (κ2) is 12.7. The van der Waals surface area contributed by atoms with E-state index in [1.54, 1.807) is 23.2 Å². The van der Waals surface area contributed by atoms with Gasteiger partial charge in [0.2, 0.25) is 0 Å². The fourth-order valence-electron chi connectivity index (χ4n) is 3.45. The molecule has 2 aromatic rings. The number of carbonyl (C=O) groups excluding carboxylic acids is 2. The first-order valence-electron chi connectivity index (χ1n) is 10.9. The van der Waals surface area contributed by atoms with Crippen LogP contribution in [0.3, 0.4) is 0 Å². The van der Waals surface area contributed by atoms with E-state index in [9.17, 15) is 9.59 Å². The molecule has 2 heterocycles. The number of benzene rings is 1. The minimum absolute atomic E-state index is 0. The van der Waals surface area contributed by atoms with Crippen molar-refractivity contribution >= 4 is 17.8 Å². The molecule has 1 saturated heterocycles. The maximum absolute atomic E-state index is 12.5. The van der Waals surface area contributed by atoms with Crippen molar-refractivity contribution in [1.82, 2.24) is 15.2 Å². The maximum Gasteiger partial charge on any atom is 0.410 e. The van der Waals surface area contributed by atoms with E-state index in [0.29, 0.717) is 42.9 Å². The second-order valence-electron chi connectivity index (χ2n) is 8.39. The van der Waals surface area contributed by atoms with E-state index < -0.39 is 0 Å². The number of ether oxygens (including phenoxy) is 1. The number of piperidine rings is 1. The summed E-state index contributed by atoms with van der Waals surface area (Å²) in [6.45, 7) is 7.23. The summed E-state index contributed by atoms with van der Waals surface area (Å²) < 4.78 is 5.41. The van der Waals surface area contributed by atoms with Crippen LogP contribution in [0.2, 0.25) is 0 Å². The quantitative estimate of drug-likeness (QED) is 0.628. The monoisotopic (exact) mass is 440 g/mol. The lowest BCUT2D eigenvalue weighted by Crippen LogP contribution is -2.41. The van der Waals surface area contributed by atoms with Crippen LogP contribution in [0.25, 0.3) is 0 Å². The van der Waals surface area contributed by atoms with E-state index in [0.717, 1.165) is 24.9 Å². The lowest BCUT2D eigenvalue weighted by atomic mass is 9.97. The Morgan fingerprint density at radius 3 is 2.56 bits per heavy atom. The molecule has 7 nitrogen and oxygen atoms in total. The third-order valence-corrected chi connectivity index (χ3v) is 5.34. The highest BCUT2D eigenvalue weighted by Crippen LogP contribution is 2.18. The van der Waals surface area contributed by atoms with Crippen LogP contribution in [-0.2, 0) is 11.3 Å². The number of nitrogens with zero attached hydrogens (tertiary/aromatic N) is 2. The highest BCUT2D eigenvalue weighted by Gasteiger charge is 2.24. The van der Waals surface area contributed by atoms with E-state index in [2.05, 4.69) is 29.5 Å². The molecule has 0 saturated carbocycles. The predicted molar refractivity (Wildman–Crippen MR) is 128 cm³/mol. The van der Waals surface area contributed by atoms with Crippen LogP contribution in [0.5, 0.6) is 0 Å². The SMILES string of the molecule is C.CC(C)CNc1cc(C(=O)NCC2CCN(C(=O)OCc3ccccc3)CC2)ccn1. The van der Waals surface area contributed by atoms with Gasteiger partial charge < -0.3 is 20.3 Å². The molecule has 0 atom stereocenters. The number of amides is 2. The van der Waals surface area contributed by atoms with Gasteiger partial charge in [-0.1, -0.05) is 51.6 Å². The molecule has 3 rings (SSSR count). The van der Waals surface area contributed by atoms with Gasteiger partial charge >= 0.3 is 6.09 Å². The van der Waals surface area contributed by atoms with Crippen LogP contribution in [0.15, 0.2) is 48.7 Å². The second-order valence-corrected chi connectivity index (χ2v) is 8.39. The number of nitrogens with one attached hydrogen (secondary N) is 2. The molecule has 1 fully saturated rings. The molecule has 0 aliphatic carbocycles. The van der Waals surface area contributed by atoms with Crippen molar-refractivity contribution in [2.45, 2.75) is 40.7 Å². The Morgan fingerprint density at radius 1 is 1.16 bits per heavy atom. The Bertz CT molecular complexity index is 849. The number of hydrogen-bond acceptors (Lipinski definition) is 5. The molecular formula is C25H36N4O3. The molecule has 1 aromatic carbocycles. The third kappa shape index (κ3) is 7.87. The zero-order valence-electron chi connectivity index (χ0n) is 18.3. The highest BCUT2D eigenvalue weighted by molar-refractivity contribution is 5.94. The summed E-state index contributed by atoms with van der Waals surface area (Å²) in [5, 5.41) is 6.26. The number of likely N-dealkylation sites (tertiary alicyclic amines) is 1. The maximum atomic E-state index is 12.5. The average molecular weight is 441 g/mol. The van der Waals surface area contributed by atoms with Gasteiger partial charge in [-0.15, -0.1) is 0 Å². The molecule has 0 unspecified atom stereocenters. The van der Waals surface area contributed by atoms with Crippen molar-refractivity contribution < 1.29 is 14.3 Å². The van der Waals surface area contributed by atoms with Gasteiger partial charge in [0.15, 0.2) is 0 Å². The van der Waals surface area contributed by atoms with Crippen LogP contribution in [0.1, 0.15) is 50.0 Å². The van der Waals surface area contributed by atoms with Crippen LogP contribution < -0.4 is 10.6 Å². The molecule has 0 bridgehead atoms. The molecule has 0 spiro atoms. The van der Waals surface area contributed by atoms with E-state index in [-0.39, 0.29) is 26.0 Å². The summed E-state index contributed by atoms with van der Waals surface area (Å²) in [7, 11) is 0. The zero-order chi connectivity index (χ0) is 22.1. The van der Waals surface area contributed by atoms with Crippen molar-refractivity contribution in [1.29, 1.82) is 0 Å². The molecule has 1 aliphatic heterocycles. The zero-order valence-corrected chi connectivity index (χ0v) is 18.3. The fraction of sp³-hybridized carbons (Fsp3) is 0.480. The van der Waals surface area contributed by atoms with Gasteiger partial charge in [-0.25, -0.2) is 9.78 Å². The third-order valence-electron chi connectivity index (χ3n) is 5.34. The smallest absolute Gasteiger partial charge is 0.410 e. The van der Waals surface area contributed by atoms with Crippen LogP contribution in [0.4, 0.5) is 10.6 Å². The minimum Gasteiger partial charge on any atom is -0.445 e. The first-order chi connectivity index (χ1) is 15.0. The lowest BCUT2D eigenvalue weighted by Gasteiger charge is -2.31. The molecule has 1 aromatic heterocycles. The highest BCUT2D eigenvalue weighted by atomic mass is 16.6. The van der Waals surface area contributed by atoms with Gasteiger partial charge in [0.25, 0.3) is 5.91 Å². The van der Waals surface area contributed by atoms with Crippen LogP contribution in [-0.4, -0.2) is 48.1 Å². The standard InChI is InChI=1S/C24H32N4O3.CH4/c1-18(2)15-26-22-14-21(8-11-25-22)23(29)27-16-19-9-12-28(13-10-19)24(30)31-17-20-6-4-3-5-7-20;/h3-8,11,14,18-19H,9-10,12-13,15-17H2,1-2H3,(H,25,26)(H,27,29);1H4. The Morgan fingerprint density at radius 2 is 1.88 bits per heavy atom. The van der Waals surface area contributed by atoms with Gasteiger partial charge in [-0.2, -0.15) is 0 Å². The number of hydrogen-bond donors (Lipinski definition) is 2. The Labute approximate surface area is 191 Å². The van der Waals surface area contributed by atoms with E-state index >= 15 is 0 Å². The number of pyridine rings is 1. The lowest BCUT2D eigenvalue weighted by molar-refractivity contribution is 0.0801. The van der Waals surface area contributed by atoms with Gasteiger partial charge in [0.05, 0.1) is 0 Å². The molecular weight excluding hydrogens is 404 g/mol. The Hall–Kier alpha value is -3.09.